The van der Waals surface area contributed by atoms with Gasteiger partial charge in [-0.1, -0.05) is 6.42 Å². The number of carbonyl (C=O) groups is 1. The van der Waals surface area contributed by atoms with Crippen molar-refractivity contribution in [2.24, 2.45) is 11.1 Å². The number of nitrogens with one attached hydrogen (secondary N) is 2. The van der Waals surface area contributed by atoms with E-state index in [9.17, 15) is 4.79 Å². The van der Waals surface area contributed by atoms with Gasteiger partial charge in [-0.25, -0.2) is 0 Å². The highest BCUT2D eigenvalue weighted by Gasteiger charge is 2.37. The van der Waals surface area contributed by atoms with E-state index in [1.54, 1.807) is 0 Å². The number of carbonyl (C=O) groups excluding carboxylic acids is 1. The summed E-state index contributed by atoms with van der Waals surface area (Å²) in [5, 5.41) is 4.08. The van der Waals surface area contributed by atoms with Crippen molar-refractivity contribution in [3.8, 4) is 0 Å². The third-order valence-electron chi connectivity index (χ3n) is 4.22. The van der Waals surface area contributed by atoms with Gasteiger partial charge in [0.2, 0.25) is 5.91 Å². The molecular formula is C15H19N3O. The third-order valence-corrected chi connectivity index (χ3v) is 4.22. The quantitative estimate of drug-likeness (QED) is 0.788. The van der Waals surface area contributed by atoms with E-state index in [1.807, 2.05) is 30.5 Å². The zero-order valence-corrected chi connectivity index (χ0v) is 10.9. The van der Waals surface area contributed by atoms with Gasteiger partial charge in [-0.05, 0) is 49.1 Å². The molecule has 0 bridgehead atoms. The van der Waals surface area contributed by atoms with Crippen molar-refractivity contribution < 1.29 is 4.79 Å². The van der Waals surface area contributed by atoms with Crippen molar-refractivity contribution in [3.63, 3.8) is 0 Å². The van der Waals surface area contributed by atoms with Crippen LogP contribution in [0.3, 0.4) is 0 Å². The number of hydrogen-bond donors (Lipinski definition) is 3. The maximum absolute atomic E-state index is 12.1. The van der Waals surface area contributed by atoms with E-state index in [0.717, 1.165) is 29.4 Å². The Balaban J connectivity index is 1.68. The van der Waals surface area contributed by atoms with Crippen molar-refractivity contribution in [1.82, 2.24) is 4.98 Å². The number of nitrogens with two attached hydrogens (primary N) is 1. The molecule has 0 radical (unpaired) electrons. The Kier molecular flexibility index (Phi) is 3.03. The van der Waals surface area contributed by atoms with Gasteiger partial charge >= 0.3 is 0 Å². The zero-order chi connectivity index (χ0) is 13.3. The van der Waals surface area contributed by atoms with E-state index in [2.05, 4.69) is 10.3 Å². The third kappa shape index (κ3) is 2.36. The second-order valence-electron chi connectivity index (χ2n) is 5.56. The predicted octanol–water partition coefficient (Wildman–Crippen LogP) is 2.63. The van der Waals surface area contributed by atoms with Gasteiger partial charge in [0, 0.05) is 29.2 Å². The number of hydrogen-bond acceptors (Lipinski definition) is 2. The van der Waals surface area contributed by atoms with Crippen molar-refractivity contribution in [3.05, 3.63) is 30.5 Å². The number of rotatable bonds is 4. The van der Waals surface area contributed by atoms with Gasteiger partial charge in [0.05, 0.1) is 0 Å². The van der Waals surface area contributed by atoms with E-state index in [0.29, 0.717) is 13.0 Å². The maximum Gasteiger partial charge on any atom is 0.224 e. The van der Waals surface area contributed by atoms with Gasteiger partial charge in [0.1, 0.15) is 0 Å². The van der Waals surface area contributed by atoms with Crippen LogP contribution in [0, 0.1) is 5.41 Å². The molecular weight excluding hydrogens is 238 g/mol. The first kappa shape index (κ1) is 12.2. The molecule has 1 aliphatic carbocycles. The number of H-pyrrole nitrogens is 1. The lowest BCUT2D eigenvalue weighted by atomic mass is 9.66. The van der Waals surface area contributed by atoms with Crippen molar-refractivity contribution in [2.45, 2.75) is 25.7 Å². The fourth-order valence-corrected chi connectivity index (χ4v) is 2.81. The molecule has 100 valence electrons. The smallest absolute Gasteiger partial charge is 0.224 e. The molecule has 2 aromatic rings. The summed E-state index contributed by atoms with van der Waals surface area (Å²) in [7, 11) is 0. The van der Waals surface area contributed by atoms with E-state index in [4.69, 9.17) is 5.73 Å². The van der Waals surface area contributed by atoms with Gasteiger partial charge in [-0.3, -0.25) is 4.79 Å². The highest BCUT2D eigenvalue weighted by Crippen LogP contribution is 2.43. The summed E-state index contributed by atoms with van der Waals surface area (Å²) >= 11 is 0. The molecule has 4 nitrogen and oxygen atoms in total. The topological polar surface area (TPSA) is 70.9 Å². The Bertz CT molecular complexity index is 593. The number of benzene rings is 1. The molecule has 4 N–H and O–H groups in total. The Hall–Kier alpha value is -1.81. The molecule has 1 aromatic carbocycles. The van der Waals surface area contributed by atoms with Crippen molar-refractivity contribution in [2.75, 3.05) is 11.9 Å². The summed E-state index contributed by atoms with van der Waals surface area (Å²) in [6.07, 6.45) is 5.78. The summed E-state index contributed by atoms with van der Waals surface area (Å²) < 4.78 is 0. The fraction of sp³-hybridized carbons (Fsp3) is 0.400. The molecule has 1 heterocycles. The summed E-state index contributed by atoms with van der Waals surface area (Å²) in [6, 6.07) is 7.89. The van der Waals surface area contributed by atoms with E-state index in [1.165, 1.54) is 6.42 Å². The van der Waals surface area contributed by atoms with Crippen LogP contribution in [0.2, 0.25) is 0 Å². The molecule has 0 spiro atoms. The number of anilines is 1. The van der Waals surface area contributed by atoms with Gasteiger partial charge in [-0.2, -0.15) is 0 Å². The van der Waals surface area contributed by atoms with Crippen LogP contribution < -0.4 is 11.1 Å². The largest absolute Gasteiger partial charge is 0.361 e. The van der Waals surface area contributed by atoms with Crippen molar-refractivity contribution >= 4 is 22.5 Å². The van der Waals surface area contributed by atoms with E-state index < -0.39 is 0 Å². The first-order valence-corrected chi connectivity index (χ1v) is 6.78. The highest BCUT2D eigenvalue weighted by atomic mass is 16.1. The van der Waals surface area contributed by atoms with Crippen LogP contribution >= 0.6 is 0 Å². The van der Waals surface area contributed by atoms with Gasteiger partial charge in [0.25, 0.3) is 0 Å². The Morgan fingerprint density at radius 2 is 2.21 bits per heavy atom. The van der Waals surface area contributed by atoms with E-state index in [-0.39, 0.29) is 11.3 Å². The molecule has 1 aromatic heterocycles. The SMILES string of the molecule is NCC1(CC(=O)Nc2ccc3[nH]ccc3c2)CCC1. The second-order valence-corrected chi connectivity index (χ2v) is 5.56. The lowest BCUT2D eigenvalue weighted by molar-refractivity contribution is -0.119. The minimum atomic E-state index is 0.0578. The monoisotopic (exact) mass is 257 g/mol. The molecule has 0 aliphatic heterocycles. The molecule has 1 fully saturated rings. The van der Waals surface area contributed by atoms with Gasteiger partial charge in [0.15, 0.2) is 0 Å². The summed E-state index contributed by atoms with van der Waals surface area (Å²) in [5.74, 6) is 0.0695. The minimum absolute atomic E-state index is 0.0578. The lowest BCUT2D eigenvalue weighted by Crippen LogP contribution is -2.40. The number of aromatic nitrogens is 1. The molecule has 3 rings (SSSR count). The maximum atomic E-state index is 12.1. The molecule has 0 atom stereocenters. The molecule has 19 heavy (non-hydrogen) atoms. The van der Waals surface area contributed by atoms with Crippen LogP contribution in [0.25, 0.3) is 10.9 Å². The van der Waals surface area contributed by atoms with Crippen LogP contribution in [0.15, 0.2) is 30.5 Å². The molecule has 0 saturated heterocycles. The lowest BCUT2D eigenvalue weighted by Gasteiger charge is -2.40. The molecule has 4 heteroatoms. The van der Waals surface area contributed by atoms with Crippen LogP contribution in [-0.2, 0) is 4.79 Å². The molecule has 1 saturated carbocycles. The normalized spacial score (nSPS) is 17.1. The average molecular weight is 257 g/mol. The zero-order valence-electron chi connectivity index (χ0n) is 10.9. The standard InChI is InChI=1S/C15H19N3O/c16-10-15(5-1-6-15)9-14(19)18-12-2-3-13-11(8-12)4-7-17-13/h2-4,7-8,17H,1,5-6,9-10,16H2,(H,18,19). The average Bonchev–Trinajstić information content (AvgIpc) is 2.81. The summed E-state index contributed by atoms with van der Waals surface area (Å²) in [6.45, 7) is 0.608. The Morgan fingerprint density at radius 3 is 2.89 bits per heavy atom. The van der Waals surface area contributed by atoms with E-state index >= 15 is 0 Å². The number of fused-ring (bicyclic) bond motifs is 1. The highest BCUT2D eigenvalue weighted by molar-refractivity contribution is 5.94. The number of aromatic amines is 1. The van der Waals surface area contributed by atoms with Crippen LogP contribution in [-0.4, -0.2) is 17.4 Å². The Morgan fingerprint density at radius 1 is 1.37 bits per heavy atom. The van der Waals surface area contributed by atoms with Crippen LogP contribution in [0.1, 0.15) is 25.7 Å². The van der Waals surface area contributed by atoms with Crippen molar-refractivity contribution in [1.29, 1.82) is 0 Å². The van der Waals surface area contributed by atoms with Crippen LogP contribution in [0.5, 0.6) is 0 Å². The predicted molar refractivity (Wildman–Crippen MR) is 76.9 cm³/mol. The molecule has 0 unspecified atom stereocenters. The van der Waals surface area contributed by atoms with Crippen LogP contribution in [0.4, 0.5) is 5.69 Å². The molecule has 1 aliphatic rings. The van der Waals surface area contributed by atoms with Gasteiger partial charge < -0.3 is 16.0 Å². The summed E-state index contributed by atoms with van der Waals surface area (Å²) in [4.78, 5) is 15.2. The Labute approximate surface area is 112 Å². The van der Waals surface area contributed by atoms with Gasteiger partial charge in [-0.15, -0.1) is 0 Å². The fourth-order valence-electron chi connectivity index (χ4n) is 2.81. The summed E-state index contributed by atoms with van der Waals surface area (Å²) in [5.41, 5.74) is 7.77. The minimum Gasteiger partial charge on any atom is -0.361 e. The first-order valence-electron chi connectivity index (χ1n) is 6.78. The first-order chi connectivity index (χ1) is 9.21. The molecule has 1 amide bonds. The number of amides is 1. The second kappa shape index (κ2) is 4.70.